The van der Waals surface area contributed by atoms with Gasteiger partial charge in [0.25, 0.3) is 15.9 Å². The molecule has 1 amide bonds. The molecule has 164 valence electrons. The molecule has 0 saturated heterocycles. The fourth-order valence-electron chi connectivity index (χ4n) is 3.06. The number of aryl methyl sites for hydroxylation is 1. The standard InChI is InChI=1S/C22H31N3O4S/c1-6-25(16(2)3)14-13-23-22(26)18-9-12-20(29-5)21(15-18)30(27,28)24-19-10-7-17(4)8-11-19/h7-12,15-16,24H,6,13-14H2,1-5H3,(H,23,26). The van der Waals surface area contributed by atoms with Gasteiger partial charge in [-0.05, 0) is 57.6 Å². The van der Waals surface area contributed by atoms with E-state index in [2.05, 4.69) is 35.7 Å². The van der Waals surface area contributed by atoms with E-state index >= 15 is 0 Å². The Balaban J connectivity index is 2.19. The quantitative estimate of drug-likeness (QED) is 0.600. The van der Waals surface area contributed by atoms with Crippen molar-refractivity contribution < 1.29 is 17.9 Å². The molecule has 0 unspecified atom stereocenters. The van der Waals surface area contributed by atoms with E-state index in [0.717, 1.165) is 18.7 Å². The van der Waals surface area contributed by atoms with E-state index in [1.807, 2.05) is 19.1 Å². The van der Waals surface area contributed by atoms with Gasteiger partial charge < -0.3 is 10.1 Å². The summed E-state index contributed by atoms with van der Waals surface area (Å²) in [6, 6.07) is 11.8. The number of carbonyl (C=O) groups is 1. The molecule has 0 radical (unpaired) electrons. The first-order valence-electron chi connectivity index (χ1n) is 9.97. The molecule has 8 heteroatoms. The predicted octanol–water partition coefficient (Wildman–Crippen LogP) is 3.26. The molecular formula is C22H31N3O4S. The number of amides is 1. The number of ether oxygens (including phenoxy) is 1. The second-order valence-corrected chi connectivity index (χ2v) is 8.97. The lowest BCUT2D eigenvalue weighted by Crippen LogP contribution is -2.38. The highest BCUT2D eigenvalue weighted by atomic mass is 32.2. The van der Waals surface area contributed by atoms with Crippen LogP contribution in [0.1, 0.15) is 36.7 Å². The summed E-state index contributed by atoms with van der Waals surface area (Å²) < 4.78 is 33.6. The largest absolute Gasteiger partial charge is 0.495 e. The van der Waals surface area contributed by atoms with Gasteiger partial charge in [0.05, 0.1) is 7.11 Å². The van der Waals surface area contributed by atoms with Gasteiger partial charge in [0.1, 0.15) is 10.6 Å². The maximum absolute atomic E-state index is 12.9. The Kier molecular flexibility index (Phi) is 8.25. The molecule has 7 nitrogen and oxygen atoms in total. The lowest BCUT2D eigenvalue weighted by Gasteiger charge is -2.24. The smallest absolute Gasteiger partial charge is 0.265 e. The Hall–Kier alpha value is -2.58. The van der Waals surface area contributed by atoms with Crippen molar-refractivity contribution in [3.63, 3.8) is 0 Å². The molecule has 0 saturated carbocycles. The summed E-state index contributed by atoms with van der Waals surface area (Å²) in [6.07, 6.45) is 0. The zero-order valence-electron chi connectivity index (χ0n) is 18.2. The molecular weight excluding hydrogens is 402 g/mol. The molecule has 0 aromatic heterocycles. The van der Waals surface area contributed by atoms with E-state index in [1.165, 1.54) is 19.2 Å². The summed E-state index contributed by atoms with van der Waals surface area (Å²) in [5, 5.41) is 2.85. The third-order valence-electron chi connectivity index (χ3n) is 4.84. The average molecular weight is 434 g/mol. The second-order valence-electron chi connectivity index (χ2n) is 7.32. The van der Waals surface area contributed by atoms with Gasteiger partial charge in [-0.25, -0.2) is 8.42 Å². The number of likely N-dealkylation sites (N-methyl/N-ethyl adjacent to an activating group) is 1. The van der Waals surface area contributed by atoms with Crippen molar-refractivity contribution in [2.24, 2.45) is 0 Å². The minimum absolute atomic E-state index is 0.0874. The summed E-state index contributed by atoms with van der Waals surface area (Å²) in [6.45, 7) is 10.3. The highest BCUT2D eigenvalue weighted by Crippen LogP contribution is 2.27. The van der Waals surface area contributed by atoms with E-state index in [-0.39, 0.29) is 22.1 Å². The van der Waals surface area contributed by atoms with Crippen LogP contribution in [-0.4, -0.2) is 52.0 Å². The molecule has 2 N–H and O–H groups in total. The molecule has 0 aliphatic carbocycles. The van der Waals surface area contributed by atoms with E-state index in [4.69, 9.17) is 4.74 Å². The topological polar surface area (TPSA) is 87.7 Å². The predicted molar refractivity (Wildman–Crippen MR) is 120 cm³/mol. The van der Waals surface area contributed by atoms with Gasteiger partial charge >= 0.3 is 0 Å². The van der Waals surface area contributed by atoms with E-state index in [9.17, 15) is 13.2 Å². The van der Waals surface area contributed by atoms with Crippen LogP contribution in [0.25, 0.3) is 0 Å². The second kappa shape index (κ2) is 10.4. The van der Waals surface area contributed by atoms with Crippen LogP contribution in [0.2, 0.25) is 0 Å². The molecule has 30 heavy (non-hydrogen) atoms. The molecule has 0 spiro atoms. The molecule has 0 bridgehead atoms. The molecule has 0 heterocycles. The summed E-state index contributed by atoms with van der Waals surface area (Å²) in [5.74, 6) is -0.160. The van der Waals surface area contributed by atoms with Crippen molar-refractivity contribution in [3.8, 4) is 5.75 Å². The zero-order valence-corrected chi connectivity index (χ0v) is 19.0. The van der Waals surface area contributed by atoms with Gasteiger partial charge in [0.2, 0.25) is 0 Å². The molecule has 0 atom stereocenters. The SMILES string of the molecule is CCN(CCNC(=O)c1ccc(OC)c(S(=O)(=O)Nc2ccc(C)cc2)c1)C(C)C. The molecule has 0 fully saturated rings. The van der Waals surface area contributed by atoms with E-state index in [1.54, 1.807) is 18.2 Å². The average Bonchev–Trinajstić information content (AvgIpc) is 2.71. The Bertz CT molecular complexity index is 957. The Labute approximate surface area is 179 Å². The minimum Gasteiger partial charge on any atom is -0.495 e. The van der Waals surface area contributed by atoms with Gasteiger partial charge in [-0.1, -0.05) is 24.6 Å². The Morgan fingerprint density at radius 3 is 2.37 bits per heavy atom. The number of rotatable bonds is 10. The first-order chi connectivity index (χ1) is 14.2. The Morgan fingerprint density at radius 2 is 1.80 bits per heavy atom. The highest BCUT2D eigenvalue weighted by Gasteiger charge is 2.22. The first-order valence-corrected chi connectivity index (χ1v) is 11.5. The van der Waals surface area contributed by atoms with Crippen LogP contribution in [0.5, 0.6) is 5.75 Å². The van der Waals surface area contributed by atoms with Gasteiger partial charge in [-0.15, -0.1) is 0 Å². The summed E-state index contributed by atoms with van der Waals surface area (Å²) >= 11 is 0. The third-order valence-corrected chi connectivity index (χ3v) is 6.24. The summed E-state index contributed by atoms with van der Waals surface area (Å²) in [4.78, 5) is 14.7. The fraction of sp³-hybridized carbons (Fsp3) is 0.409. The van der Waals surface area contributed by atoms with Gasteiger partial charge in [-0.2, -0.15) is 0 Å². The van der Waals surface area contributed by atoms with Crippen molar-refractivity contribution in [1.82, 2.24) is 10.2 Å². The zero-order chi connectivity index (χ0) is 22.3. The van der Waals surface area contributed by atoms with Crippen molar-refractivity contribution in [1.29, 1.82) is 0 Å². The monoisotopic (exact) mass is 433 g/mol. The van der Waals surface area contributed by atoms with Crippen LogP contribution >= 0.6 is 0 Å². The number of benzene rings is 2. The number of hydrogen-bond acceptors (Lipinski definition) is 5. The Morgan fingerprint density at radius 1 is 1.13 bits per heavy atom. The van der Waals surface area contributed by atoms with Gasteiger partial charge in [0, 0.05) is 30.4 Å². The molecule has 2 rings (SSSR count). The number of carbonyl (C=O) groups excluding carboxylic acids is 1. The van der Waals surface area contributed by atoms with Crippen LogP contribution in [-0.2, 0) is 10.0 Å². The summed E-state index contributed by atoms with van der Waals surface area (Å²) in [5.41, 5.74) is 1.71. The van der Waals surface area contributed by atoms with Crippen LogP contribution in [0.4, 0.5) is 5.69 Å². The summed E-state index contributed by atoms with van der Waals surface area (Å²) in [7, 11) is -2.54. The van der Waals surface area contributed by atoms with Crippen molar-refractivity contribution in [2.75, 3.05) is 31.5 Å². The number of methoxy groups -OCH3 is 1. The van der Waals surface area contributed by atoms with Crippen molar-refractivity contribution in [2.45, 2.75) is 38.6 Å². The lowest BCUT2D eigenvalue weighted by atomic mass is 10.2. The van der Waals surface area contributed by atoms with E-state index < -0.39 is 10.0 Å². The highest BCUT2D eigenvalue weighted by molar-refractivity contribution is 7.92. The minimum atomic E-state index is -3.94. The molecule has 2 aromatic rings. The van der Waals surface area contributed by atoms with Crippen molar-refractivity contribution >= 4 is 21.6 Å². The maximum atomic E-state index is 12.9. The number of anilines is 1. The number of nitrogens with zero attached hydrogens (tertiary/aromatic N) is 1. The fourth-order valence-corrected chi connectivity index (χ4v) is 4.31. The lowest BCUT2D eigenvalue weighted by molar-refractivity contribution is 0.0945. The first kappa shape index (κ1) is 23.7. The molecule has 0 aliphatic heterocycles. The number of sulfonamides is 1. The third kappa shape index (κ3) is 6.21. The van der Waals surface area contributed by atoms with Crippen LogP contribution in [0.3, 0.4) is 0 Å². The number of hydrogen-bond donors (Lipinski definition) is 2. The van der Waals surface area contributed by atoms with Crippen molar-refractivity contribution in [3.05, 3.63) is 53.6 Å². The molecule has 2 aromatic carbocycles. The van der Waals surface area contributed by atoms with Gasteiger partial charge in [0.15, 0.2) is 0 Å². The normalized spacial score (nSPS) is 11.6. The van der Waals surface area contributed by atoms with Gasteiger partial charge in [-0.3, -0.25) is 14.4 Å². The maximum Gasteiger partial charge on any atom is 0.265 e. The van der Waals surface area contributed by atoms with Crippen LogP contribution in [0, 0.1) is 6.92 Å². The van der Waals surface area contributed by atoms with E-state index in [0.29, 0.717) is 18.3 Å². The van der Waals surface area contributed by atoms with Crippen LogP contribution in [0.15, 0.2) is 47.4 Å². The number of nitrogens with one attached hydrogen (secondary N) is 2. The van der Waals surface area contributed by atoms with Crippen LogP contribution < -0.4 is 14.8 Å². The molecule has 0 aliphatic rings.